The minimum atomic E-state index is -4.31. The number of nitrogens with one attached hydrogen (secondary N) is 1. The van der Waals surface area contributed by atoms with Gasteiger partial charge in [-0.3, -0.25) is 0 Å². The van der Waals surface area contributed by atoms with Gasteiger partial charge in [0.1, 0.15) is 0 Å². The number of hydrogen-bond acceptors (Lipinski definition) is 2. The van der Waals surface area contributed by atoms with Crippen LogP contribution in [0.5, 0.6) is 0 Å². The second kappa shape index (κ2) is 7.50. The quantitative estimate of drug-likeness (QED) is 0.767. The number of ether oxygens (including phenoxy) is 1. The van der Waals surface area contributed by atoms with E-state index < -0.39 is 12.3 Å². The van der Waals surface area contributed by atoms with Gasteiger partial charge in [-0.15, -0.1) is 0 Å². The maximum atomic E-state index is 12.3. The summed E-state index contributed by atoms with van der Waals surface area (Å²) in [5.41, 5.74) is 1.81. The van der Waals surface area contributed by atoms with Gasteiger partial charge in [0.15, 0.2) is 6.10 Å². The summed E-state index contributed by atoms with van der Waals surface area (Å²) in [4.78, 5) is 0. The third-order valence-electron chi connectivity index (χ3n) is 2.71. The van der Waals surface area contributed by atoms with Crippen LogP contribution < -0.4 is 5.32 Å². The van der Waals surface area contributed by atoms with Crippen molar-refractivity contribution in [3.05, 3.63) is 35.4 Å². The summed E-state index contributed by atoms with van der Waals surface area (Å²) < 4.78 is 41.7. The molecule has 0 saturated carbocycles. The molecular weight excluding hydrogens is 255 g/mol. The standard InChI is InChI=1S/C14H20F3NO/c1-3-7-18-9-12-5-4-6-13(8-12)10-19-11(2)14(15,16)17/h4-6,8,11,18H,3,7,9-10H2,1-2H3. The topological polar surface area (TPSA) is 21.3 Å². The molecule has 0 radical (unpaired) electrons. The van der Waals surface area contributed by atoms with Crippen molar-refractivity contribution in [1.82, 2.24) is 5.32 Å². The van der Waals surface area contributed by atoms with Crippen LogP contribution in [0.25, 0.3) is 0 Å². The van der Waals surface area contributed by atoms with Crippen molar-refractivity contribution < 1.29 is 17.9 Å². The number of halogens is 3. The van der Waals surface area contributed by atoms with Crippen molar-refractivity contribution in [3.63, 3.8) is 0 Å². The third-order valence-corrected chi connectivity index (χ3v) is 2.71. The first-order valence-electron chi connectivity index (χ1n) is 6.40. The Labute approximate surface area is 112 Å². The monoisotopic (exact) mass is 275 g/mol. The lowest BCUT2D eigenvalue weighted by Gasteiger charge is -2.16. The van der Waals surface area contributed by atoms with E-state index >= 15 is 0 Å². The minimum absolute atomic E-state index is 0.0255. The lowest BCUT2D eigenvalue weighted by Crippen LogP contribution is -2.28. The molecule has 0 heterocycles. The highest BCUT2D eigenvalue weighted by Gasteiger charge is 2.36. The summed E-state index contributed by atoms with van der Waals surface area (Å²) in [6, 6.07) is 7.41. The summed E-state index contributed by atoms with van der Waals surface area (Å²) in [6.45, 7) is 4.72. The van der Waals surface area contributed by atoms with E-state index in [1.165, 1.54) is 0 Å². The van der Waals surface area contributed by atoms with Crippen LogP contribution in [0.15, 0.2) is 24.3 Å². The third kappa shape index (κ3) is 6.07. The highest BCUT2D eigenvalue weighted by atomic mass is 19.4. The molecule has 0 fully saturated rings. The van der Waals surface area contributed by atoms with Crippen molar-refractivity contribution in [2.75, 3.05) is 6.54 Å². The Bertz CT molecular complexity index is 379. The lowest BCUT2D eigenvalue weighted by atomic mass is 10.1. The Hall–Kier alpha value is -1.07. The predicted octanol–water partition coefficient (Wildman–Crippen LogP) is 3.65. The van der Waals surface area contributed by atoms with Gasteiger partial charge >= 0.3 is 6.18 Å². The molecule has 0 saturated heterocycles. The molecule has 0 aliphatic rings. The van der Waals surface area contributed by atoms with Crippen molar-refractivity contribution in [2.24, 2.45) is 0 Å². The van der Waals surface area contributed by atoms with Crippen LogP contribution in [-0.2, 0) is 17.9 Å². The van der Waals surface area contributed by atoms with Gasteiger partial charge in [0.2, 0.25) is 0 Å². The molecule has 0 spiro atoms. The Kier molecular flexibility index (Phi) is 6.31. The first-order valence-corrected chi connectivity index (χ1v) is 6.40. The molecule has 1 unspecified atom stereocenters. The van der Waals surface area contributed by atoms with E-state index in [1.54, 1.807) is 6.07 Å². The SMILES string of the molecule is CCCNCc1cccc(COC(C)C(F)(F)F)c1. The fraction of sp³-hybridized carbons (Fsp3) is 0.571. The number of benzene rings is 1. The molecule has 5 heteroatoms. The maximum Gasteiger partial charge on any atom is 0.414 e. The Morgan fingerprint density at radius 2 is 1.95 bits per heavy atom. The Balaban J connectivity index is 2.48. The molecule has 2 nitrogen and oxygen atoms in total. The lowest BCUT2D eigenvalue weighted by molar-refractivity contribution is -0.217. The largest absolute Gasteiger partial charge is 0.414 e. The molecule has 108 valence electrons. The Morgan fingerprint density at radius 3 is 2.58 bits per heavy atom. The van der Waals surface area contributed by atoms with Gasteiger partial charge in [-0.05, 0) is 31.0 Å². The molecule has 1 N–H and O–H groups in total. The number of rotatable bonds is 7. The molecule has 1 atom stereocenters. The second-order valence-corrected chi connectivity index (χ2v) is 4.49. The molecule has 19 heavy (non-hydrogen) atoms. The first kappa shape index (κ1) is 16.0. The number of hydrogen-bond donors (Lipinski definition) is 1. The number of alkyl halides is 3. The Morgan fingerprint density at radius 1 is 1.26 bits per heavy atom. The van der Waals surface area contributed by atoms with Crippen LogP contribution in [0.3, 0.4) is 0 Å². The highest BCUT2D eigenvalue weighted by Crippen LogP contribution is 2.23. The second-order valence-electron chi connectivity index (χ2n) is 4.49. The molecule has 1 rings (SSSR count). The molecule has 0 aromatic heterocycles. The van der Waals surface area contributed by atoms with Crippen LogP contribution in [0, 0.1) is 0 Å². The summed E-state index contributed by atoms with van der Waals surface area (Å²) in [5, 5.41) is 3.25. The van der Waals surface area contributed by atoms with Gasteiger partial charge in [0, 0.05) is 6.54 Å². The van der Waals surface area contributed by atoms with Gasteiger partial charge in [-0.1, -0.05) is 31.2 Å². The van der Waals surface area contributed by atoms with Gasteiger partial charge in [-0.25, -0.2) is 0 Å². The van der Waals surface area contributed by atoms with E-state index in [2.05, 4.69) is 12.2 Å². The minimum Gasteiger partial charge on any atom is -0.364 e. The zero-order valence-corrected chi connectivity index (χ0v) is 11.3. The fourth-order valence-electron chi connectivity index (χ4n) is 1.55. The van der Waals surface area contributed by atoms with Crippen molar-refractivity contribution in [1.29, 1.82) is 0 Å². The summed E-state index contributed by atoms with van der Waals surface area (Å²) in [6.07, 6.45) is -5.00. The van der Waals surface area contributed by atoms with Crippen molar-refractivity contribution in [3.8, 4) is 0 Å². The van der Waals surface area contributed by atoms with Gasteiger partial charge < -0.3 is 10.1 Å². The summed E-state index contributed by atoms with van der Waals surface area (Å²) >= 11 is 0. The highest BCUT2D eigenvalue weighted by molar-refractivity contribution is 5.22. The van der Waals surface area contributed by atoms with Gasteiger partial charge in [0.05, 0.1) is 6.61 Å². The van der Waals surface area contributed by atoms with E-state index in [1.807, 2.05) is 18.2 Å². The van der Waals surface area contributed by atoms with Crippen molar-refractivity contribution >= 4 is 0 Å². The first-order chi connectivity index (χ1) is 8.93. The molecule has 0 aliphatic heterocycles. The van der Waals surface area contributed by atoms with E-state index in [-0.39, 0.29) is 6.61 Å². The summed E-state index contributed by atoms with van der Waals surface area (Å²) in [5.74, 6) is 0. The molecule has 0 bridgehead atoms. The van der Waals surface area contributed by atoms with E-state index in [4.69, 9.17) is 4.74 Å². The maximum absolute atomic E-state index is 12.3. The van der Waals surface area contributed by atoms with E-state index in [0.29, 0.717) is 0 Å². The molecule has 1 aromatic rings. The average Bonchev–Trinajstić information content (AvgIpc) is 2.35. The molecule has 1 aromatic carbocycles. The average molecular weight is 275 g/mol. The van der Waals surface area contributed by atoms with Gasteiger partial charge in [-0.2, -0.15) is 13.2 Å². The van der Waals surface area contributed by atoms with Gasteiger partial charge in [0.25, 0.3) is 0 Å². The molecular formula is C14H20F3NO. The molecule has 0 aliphatic carbocycles. The predicted molar refractivity (Wildman–Crippen MR) is 68.7 cm³/mol. The van der Waals surface area contributed by atoms with Crippen LogP contribution in [0.1, 0.15) is 31.4 Å². The van der Waals surface area contributed by atoms with Crippen LogP contribution in [0.2, 0.25) is 0 Å². The molecule has 0 amide bonds. The zero-order valence-electron chi connectivity index (χ0n) is 11.3. The van der Waals surface area contributed by atoms with Crippen LogP contribution in [-0.4, -0.2) is 18.8 Å². The zero-order chi connectivity index (χ0) is 14.3. The smallest absolute Gasteiger partial charge is 0.364 e. The summed E-state index contributed by atoms with van der Waals surface area (Å²) in [7, 11) is 0. The van der Waals surface area contributed by atoms with Crippen molar-refractivity contribution in [2.45, 2.75) is 45.7 Å². The van der Waals surface area contributed by atoms with E-state index in [9.17, 15) is 13.2 Å². The normalized spacial score (nSPS) is 13.5. The van der Waals surface area contributed by atoms with Crippen LogP contribution in [0.4, 0.5) is 13.2 Å². The van der Waals surface area contributed by atoms with E-state index in [0.717, 1.165) is 37.6 Å². The fourth-order valence-corrected chi connectivity index (χ4v) is 1.55. The van der Waals surface area contributed by atoms with Crippen LogP contribution >= 0.6 is 0 Å².